The maximum Gasteiger partial charge on any atom is 0.297 e. The van der Waals surface area contributed by atoms with E-state index in [9.17, 15) is 13.2 Å². The molecule has 0 saturated heterocycles. The summed E-state index contributed by atoms with van der Waals surface area (Å²) in [6.45, 7) is 4.69. The average molecular weight is 431 g/mol. The van der Waals surface area contributed by atoms with Crippen molar-refractivity contribution in [3.05, 3.63) is 30.3 Å². The maximum atomic E-state index is 12.7. The van der Waals surface area contributed by atoms with Gasteiger partial charge in [0.15, 0.2) is 0 Å². The van der Waals surface area contributed by atoms with Gasteiger partial charge in [0.05, 0.1) is 11.0 Å². The van der Waals surface area contributed by atoms with Crippen molar-refractivity contribution in [1.82, 2.24) is 0 Å². The van der Waals surface area contributed by atoms with Crippen LogP contribution in [0.5, 0.6) is 0 Å². The number of fused-ring (bicyclic) bond motifs is 5. The van der Waals surface area contributed by atoms with E-state index in [0.29, 0.717) is 29.5 Å². The third-order valence-corrected chi connectivity index (χ3v) is 11.0. The van der Waals surface area contributed by atoms with Crippen LogP contribution in [-0.2, 0) is 19.1 Å². The van der Waals surface area contributed by atoms with Crippen LogP contribution >= 0.6 is 0 Å². The lowest BCUT2D eigenvalue weighted by atomic mass is 9.45. The summed E-state index contributed by atoms with van der Waals surface area (Å²) < 4.78 is 31.1. The quantitative estimate of drug-likeness (QED) is 0.605. The third kappa shape index (κ3) is 3.10. The molecule has 0 radical (unpaired) electrons. The fraction of sp³-hybridized carbons (Fsp3) is 0.720. The highest BCUT2D eigenvalue weighted by atomic mass is 32.2. The molecule has 0 aliphatic heterocycles. The fourth-order valence-electron chi connectivity index (χ4n) is 7.90. The van der Waals surface area contributed by atoms with Gasteiger partial charge < -0.3 is 0 Å². The minimum Gasteiger partial charge on any atom is -0.299 e. The second-order valence-electron chi connectivity index (χ2n) is 10.8. The zero-order valence-electron chi connectivity index (χ0n) is 18.2. The predicted molar refractivity (Wildman–Crippen MR) is 115 cm³/mol. The Labute approximate surface area is 180 Å². The number of rotatable bonds is 3. The molecule has 5 rings (SSSR count). The van der Waals surface area contributed by atoms with Gasteiger partial charge in [-0.25, -0.2) is 0 Å². The monoisotopic (exact) mass is 430 g/mol. The summed E-state index contributed by atoms with van der Waals surface area (Å²) in [6, 6.07) is 8.50. The van der Waals surface area contributed by atoms with Crippen molar-refractivity contribution < 1.29 is 17.4 Å². The van der Waals surface area contributed by atoms with Crippen molar-refractivity contribution in [3.63, 3.8) is 0 Å². The van der Waals surface area contributed by atoms with Crippen LogP contribution in [0.1, 0.15) is 71.6 Å². The van der Waals surface area contributed by atoms with Crippen molar-refractivity contribution in [1.29, 1.82) is 0 Å². The van der Waals surface area contributed by atoms with E-state index in [1.165, 1.54) is 6.42 Å². The SMILES string of the molecule is CC12CCC3C(CCC4CC(OS(=O)(=O)c5ccccc5)CCC43C)C1CCC2=O. The summed E-state index contributed by atoms with van der Waals surface area (Å²) >= 11 is 0. The zero-order valence-corrected chi connectivity index (χ0v) is 19.0. The minimum atomic E-state index is -3.70. The number of benzene rings is 1. The van der Waals surface area contributed by atoms with E-state index in [2.05, 4.69) is 13.8 Å². The number of hydrogen-bond acceptors (Lipinski definition) is 4. The van der Waals surface area contributed by atoms with Crippen LogP contribution in [0.15, 0.2) is 35.2 Å². The Bertz CT molecular complexity index is 926. The van der Waals surface area contributed by atoms with E-state index in [-0.39, 0.29) is 21.8 Å². The van der Waals surface area contributed by atoms with Crippen LogP contribution in [0.2, 0.25) is 0 Å². The van der Waals surface area contributed by atoms with Gasteiger partial charge >= 0.3 is 0 Å². The van der Waals surface area contributed by atoms with E-state index in [1.54, 1.807) is 24.3 Å². The van der Waals surface area contributed by atoms with E-state index in [4.69, 9.17) is 4.18 Å². The van der Waals surface area contributed by atoms with Crippen LogP contribution in [0.3, 0.4) is 0 Å². The molecule has 0 aromatic heterocycles. The van der Waals surface area contributed by atoms with Crippen LogP contribution in [0, 0.1) is 34.5 Å². The summed E-state index contributed by atoms with van der Waals surface area (Å²) in [5.74, 6) is 2.93. The van der Waals surface area contributed by atoms with Gasteiger partial charge in [-0.15, -0.1) is 0 Å². The molecule has 7 atom stereocenters. The van der Waals surface area contributed by atoms with Gasteiger partial charge in [0.25, 0.3) is 10.1 Å². The standard InChI is InChI=1S/C25H34O4S/c1-24-14-12-18(29-30(27,28)19-6-4-3-5-7-19)16-17(24)8-9-20-21-10-11-23(26)25(21,2)15-13-22(20)24/h3-7,17-18,20-22H,8-16H2,1-2H3. The highest BCUT2D eigenvalue weighted by Gasteiger charge is 2.60. The lowest BCUT2D eigenvalue weighted by molar-refractivity contribution is -0.141. The van der Waals surface area contributed by atoms with Gasteiger partial charge in [-0.2, -0.15) is 8.42 Å². The molecule has 7 unspecified atom stereocenters. The molecule has 0 N–H and O–H groups in total. The molecule has 4 nitrogen and oxygen atoms in total. The smallest absolute Gasteiger partial charge is 0.297 e. The summed E-state index contributed by atoms with van der Waals surface area (Å²) in [7, 11) is -3.70. The van der Waals surface area contributed by atoms with E-state index >= 15 is 0 Å². The van der Waals surface area contributed by atoms with Gasteiger partial charge in [-0.1, -0.05) is 32.0 Å². The van der Waals surface area contributed by atoms with Gasteiger partial charge in [0, 0.05) is 11.8 Å². The lowest BCUT2D eigenvalue weighted by Crippen LogP contribution is -2.54. The molecule has 0 bridgehead atoms. The topological polar surface area (TPSA) is 60.4 Å². The number of carbonyl (C=O) groups is 1. The van der Waals surface area contributed by atoms with Crippen LogP contribution < -0.4 is 0 Å². The molecule has 1 aromatic carbocycles. The number of hydrogen-bond donors (Lipinski definition) is 0. The molecule has 164 valence electrons. The number of ketones is 1. The second-order valence-corrected chi connectivity index (χ2v) is 12.4. The summed E-state index contributed by atoms with van der Waals surface area (Å²) in [5, 5.41) is 0. The van der Waals surface area contributed by atoms with Gasteiger partial charge in [-0.3, -0.25) is 8.98 Å². The summed E-state index contributed by atoms with van der Waals surface area (Å²) in [6.07, 6.45) is 8.86. The van der Waals surface area contributed by atoms with Gasteiger partial charge in [-0.05, 0) is 92.6 Å². The first-order valence-corrected chi connectivity index (χ1v) is 13.2. The average Bonchev–Trinajstić information content (AvgIpc) is 3.03. The van der Waals surface area contributed by atoms with E-state index < -0.39 is 10.1 Å². The van der Waals surface area contributed by atoms with E-state index in [1.807, 2.05) is 6.07 Å². The predicted octanol–water partition coefficient (Wildman–Crippen LogP) is 5.37. The first-order chi connectivity index (χ1) is 14.2. The molecule has 4 aliphatic rings. The van der Waals surface area contributed by atoms with Gasteiger partial charge in [0.1, 0.15) is 5.78 Å². The van der Waals surface area contributed by atoms with Crippen molar-refractivity contribution in [2.24, 2.45) is 34.5 Å². The van der Waals surface area contributed by atoms with Crippen molar-refractivity contribution in [2.45, 2.75) is 82.6 Å². The summed E-state index contributed by atoms with van der Waals surface area (Å²) in [4.78, 5) is 12.8. The Balaban J connectivity index is 1.31. The highest BCUT2D eigenvalue weighted by molar-refractivity contribution is 7.86. The second kappa shape index (κ2) is 7.16. The zero-order chi connectivity index (χ0) is 21.1. The fourth-order valence-corrected chi connectivity index (χ4v) is 9.03. The highest BCUT2D eigenvalue weighted by Crippen LogP contribution is 2.65. The van der Waals surface area contributed by atoms with Crippen molar-refractivity contribution in [3.8, 4) is 0 Å². The van der Waals surface area contributed by atoms with E-state index in [0.717, 1.165) is 51.4 Å². The molecular weight excluding hydrogens is 396 g/mol. The van der Waals surface area contributed by atoms with Crippen LogP contribution in [0.25, 0.3) is 0 Å². The van der Waals surface area contributed by atoms with Crippen molar-refractivity contribution in [2.75, 3.05) is 0 Å². The molecule has 0 amide bonds. The minimum absolute atomic E-state index is 0.0750. The Morgan fingerprint density at radius 1 is 0.933 bits per heavy atom. The molecule has 0 heterocycles. The Morgan fingerprint density at radius 2 is 1.70 bits per heavy atom. The molecule has 4 saturated carbocycles. The van der Waals surface area contributed by atoms with Gasteiger partial charge in [0.2, 0.25) is 0 Å². The first kappa shape index (κ1) is 20.7. The van der Waals surface area contributed by atoms with Crippen molar-refractivity contribution >= 4 is 15.9 Å². The molecule has 5 heteroatoms. The van der Waals surface area contributed by atoms with Crippen LogP contribution in [-0.4, -0.2) is 20.3 Å². The normalized spacial score (nSPS) is 43.5. The largest absolute Gasteiger partial charge is 0.299 e. The number of Topliss-reactive ketones (excluding diaryl/α,β-unsaturated/α-hetero) is 1. The Morgan fingerprint density at radius 3 is 2.47 bits per heavy atom. The maximum absolute atomic E-state index is 12.7. The summed E-state index contributed by atoms with van der Waals surface area (Å²) in [5.41, 5.74) is 0.181. The Hall–Kier alpha value is -1.20. The molecule has 4 aliphatic carbocycles. The first-order valence-electron chi connectivity index (χ1n) is 11.8. The molecule has 30 heavy (non-hydrogen) atoms. The van der Waals surface area contributed by atoms with Crippen LogP contribution in [0.4, 0.5) is 0 Å². The molecule has 1 aromatic rings. The number of carbonyl (C=O) groups excluding carboxylic acids is 1. The molecular formula is C25H34O4S. The molecule has 0 spiro atoms. The third-order valence-electron chi connectivity index (χ3n) is 9.62. The Kier molecular flexibility index (Phi) is 4.94. The lowest BCUT2D eigenvalue weighted by Gasteiger charge is -2.60. The molecule has 4 fully saturated rings.